The van der Waals surface area contributed by atoms with Gasteiger partial charge in [0, 0.05) is 49.7 Å². The van der Waals surface area contributed by atoms with Crippen molar-refractivity contribution in [2.45, 2.75) is 0 Å². The maximum Gasteiger partial charge on any atom is 0.196 e. The molecule has 116 valence electrons. The van der Waals surface area contributed by atoms with Crippen LogP contribution >= 0.6 is 46.4 Å². The first-order valence-electron chi connectivity index (χ1n) is 6.59. The Bertz CT molecular complexity index is 901. The van der Waals surface area contributed by atoms with Crippen molar-refractivity contribution in [3.63, 3.8) is 0 Å². The van der Waals surface area contributed by atoms with Gasteiger partial charge in [-0.05, 0) is 30.3 Å². The Labute approximate surface area is 152 Å². The molecular formula is C17H9Cl4NO. The van der Waals surface area contributed by atoms with Crippen molar-refractivity contribution >= 4 is 52.2 Å². The number of carbonyl (C=O) groups excluding carboxylic acids is 1. The fraction of sp³-hybridized carbons (Fsp3) is 0. The summed E-state index contributed by atoms with van der Waals surface area (Å²) in [7, 11) is 0. The second kappa shape index (κ2) is 6.58. The minimum absolute atomic E-state index is 0.214. The van der Waals surface area contributed by atoms with Crippen LogP contribution in [-0.2, 0) is 0 Å². The topological polar surface area (TPSA) is 32.9 Å². The summed E-state index contributed by atoms with van der Waals surface area (Å²) in [6.07, 6.45) is 3.33. The first-order valence-corrected chi connectivity index (χ1v) is 8.10. The summed E-state index contributed by atoms with van der Waals surface area (Å²) in [6, 6.07) is 9.90. The number of H-pyrrole nitrogens is 1. The lowest BCUT2D eigenvalue weighted by atomic mass is 9.98. The average Bonchev–Trinajstić information content (AvgIpc) is 2.95. The maximum absolute atomic E-state index is 12.8. The molecule has 6 heteroatoms. The molecule has 0 spiro atoms. The first kappa shape index (κ1) is 16.4. The highest BCUT2D eigenvalue weighted by atomic mass is 35.5. The van der Waals surface area contributed by atoms with E-state index in [9.17, 15) is 4.79 Å². The van der Waals surface area contributed by atoms with Crippen molar-refractivity contribution in [1.82, 2.24) is 4.98 Å². The van der Waals surface area contributed by atoms with E-state index in [2.05, 4.69) is 4.98 Å². The van der Waals surface area contributed by atoms with Gasteiger partial charge in [0.1, 0.15) is 0 Å². The Balaban J connectivity index is 2.09. The number of benzene rings is 2. The number of ketones is 1. The van der Waals surface area contributed by atoms with Crippen LogP contribution in [0.2, 0.25) is 20.1 Å². The van der Waals surface area contributed by atoms with Crippen LogP contribution < -0.4 is 0 Å². The minimum Gasteiger partial charge on any atom is -0.366 e. The fourth-order valence-corrected chi connectivity index (χ4v) is 3.31. The van der Waals surface area contributed by atoms with Gasteiger partial charge in [-0.3, -0.25) is 4.79 Å². The molecule has 0 bridgehead atoms. The van der Waals surface area contributed by atoms with Gasteiger partial charge in [0.05, 0.1) is 5.02 Å². The van der Waals surface area contributed by atoms with Gasteiger partial charge in [-0.25, -0.2) is 0 Å². The zero-order valence-electron chi connectivity index (χ0n) is 11.5. The molecule has 0 aliphatic carbocycles. The molecule has 1 heterocycles. The molecule has 23 heavy (non-hydrogen) atoms. The van der Waals surface area contributed by atoms with Crippen LogP contribution in [0.4, 0.5) is 0 Å². The second-order valence-electron chi connectivity index (χ2n) is 4.86. The van der Waals surface area contributed by atoms with Crippen molar-refractivity contribution in [2.75, 3.05) is 0 Å². The van der Waals surface area contributed by atoms with Crippen LogP contribution in [0, 0.1) is 0 Å². The minimum atomic E-state index is -0.214. The molecular weight excluding hydrogens is 376 g/mol. The summed E-state index contributed by atoms with van der Waals surface area (Å²) in [5.74, 6) is -0.214. The molecule has 0 fully saturated rings. The molecule has 2 aromatic carbocycles. The molecule has 3 aromatic rings. The quantitative estimate of drug-likeness (QED) is 0.511. The van der Waals surface area contributed by atoms with Gasteiger partial charge >= 0.3 is 0 Å². The Hall–Kier alpha value is -1.45. The first-order chi connectivity index (χ1) is 11.0. The van der Waals surface area contributed by atoms with Crippen LogP contribution in [0.5, 0.6) is 0 Å². The lowest BCUT2D eigenvalue weighted by Crippen LogP contribution is -2.02. The Kier molecular flexibility index (Phi) is 4.69. The van der Waals surface area contributed by atoms with Gasteiger partial charge in [0.25, 0.3) is 0 Å². The summed E-state index contributed by atoms with van der Waals surface area (Å²) in [6.45, 7) is 0. The highest BCUT2D eigenvalue weighted by molar-refractivity contribution is 6.38. The predicted molar refractivity (Wildman–Crippen MR) is 96.1 cm³/mol. The maximum atomic E-state index is 12.8. The molecule has 1 aromatic heterocycles. The van der Waals surface area contributed by atoms with Crippen molar-refractivity contribution < 1.29 is 4.79 Å². The predicted octanol–water partition coefficient (Wildman–Crippen LogP) is 6.53. The fourth-order valence-electron chi connectivity index (χ4n) is 2.30. The van der Waals surface area contributed by atoms with E-state index >= 15 is 0 Å². The summed E-state index contributed by atoms with van der Waals surface area (Å²) in [5, 5.41) is 1.77. The van der Waals surface area contributed by atoms with Crippen LogP contribution in [0.1, 0.15) is 15.9 Å². The molecule has 0 amide bonds. The van der Waals surface area contributed by atoms with Crippen LogP contribution in [0.15, 0.2) is 48.8 Å². The molecule has 0 saturated carbocycles. The summed E-state index contributed by atoms with van der Waals surface area (Å²) in [5.41, 5.74) is 2.24. The van der Waals surface area contributed by atoms with Crippen LogP contribution in [0.3, 0.4) is 0 Å². The lowest BCUT2D eigenvalue weighted by Gasteiger charge is -2.08. The Morgan fingerprint density at radius 3 is 2.04 bits per heavy atom. The van der Waals surface area contributed by atoms with Gasteiger partial charge in [0.15, 0.2) is 5.78 Å². The molecule has 0 aliphatic heterocycles. The van der Waals surface area contributed by atoms with E-state index in [0.717, 1.165) is 0 Å². The third-order valence-corrected chi connectivity index (χ3v) is 4.48. The smallest absolute Gasteiger partial charge is 0.196 e. The number of hydrogen-bond acceptors (Lipinski definition) is 1. The summed E-state index contributed by atoms with van der Waals surface area (Å²) >= 11 is 24.2. The molecule has 1 N–H and O–H groups in total. The summed E-state index contributed by atoms with van der Waals surface area (Å²) < 4.78 is 0. The van der Waals surface area contributed by atoms with Crippen LogP contribution in [-0.4, -0.2) is 10.8 Å². The molecule has 0 saturated heterocycles. The highest BCUT2D eigenvalue weighted by Gasteiger charge is 2.19. The van der Waals surface area contributed by atoms with E-state index in [4.69, 9.17) is 46.4 Å². The van der Waals surface area contributed by atoms with Crippen molar-refractivity contribution in [3.05, 3.63) is 80.0 Å². The van der Waals surface area contributed by atoms with Gasteiger partial charge in [-0.1, -0.05) is 52.5 Å². The molecule has 0 aliphatic rings. The number of hydrogen-bond donors (Lipinski definition) is 1. The zero-order chi connectivity index (χ0) is 16.6. The number of carbonyl (C=O) groups is 1. The van der Waals surface area contributed by atoms with E-state index in [0.29, 0.717) is 42.3 Å². The Morgan fingerprint density at radius 1 is 0.739 bits per heavy atom. The number of halogens is 4. The standard InChI is InChI=1S/C17H9Cl4NO/c18-9-1-3-11(15(20)5-9)13-7-22-8-14(13)17(23)12-4-2-10(19)6-16(12)21/h1-8,22H. The Morgan fingerprint density at radius 2 is 1.39 bits per heavy atom. The number of aromatic nitrogens is 1. The average molecular weight is 385 g/mol. The molecule has 3 rings (SSSR count). The van der Waals surface area contributed by atoms with Crippen molar-refractivity contribution in [2.24, 2.45) is 0 Å². The second-order valence-corrected chi connectivity index (χ2v) is 6.55. The van der Waals surface area contributed by atoms with E-state index < -0.39 is 0 Å². The third kappa shape index (κ3) is 3.26. The number of rotatable bonds is 3. The van der Waals surface area contributed by atoms with Crippen molar-refractivity contribution in [1.29, 1.82) is 0 Å². The van der Waals surface area contributed by atoms with Gasteiger partial charge < -0.3 is 4.98 Å². The molecule has 2 nitrogen and oxygen atoms in total. The zero-order valence-corrected chi connectivity index (χ0v) is 14.6. The van der Waals surface area contributed by atoms with Crippen molar-refractivity contribution in [3.8, 4) is 11.1 Å². The molecule has 0 atom stereocenters. The summed E-state index contributed by atoms with van der Waals surface area (Å²) in [4.78, 5) is 15.7. The molecule has 0 unspecified atom stereocenters. The SMILES string of the molecule is O=C(c1ccc(Cl)cc1Cl)c1c[nH]cc1-c1ccc(Cl)cc1Cl. The van der Waals surface area contributed by atoms with Gasteiger partial charge in [0.2, 0.25) is 0 Å². The lowest BCUT2D eigenvalue weighted by molar-refractivity contribution is 0.103. The normalized spacial score (nSPS) is 10.8. The van der Waals surface area contributed by atoms with Crippen LogP contribution in [0.25, 0.3) is 11.1 Å². The monoisotopic (exact) mass is 383 g/mol. The van der Waals surface area contributed by atoms with E-state index in [1.807, 2.05) is 0 Å². The highest BCUT2D eigenvalue weighted by Crippen LogP contribution is 2.34. The van der Waals surface area contributed by atoms with E-state index in [1.54, 1.807) is 42.7 Å². The number of aromatic amines is 1. The third-order valence-electron chi connectivity index (χ3n) is 3.39. The number of nitrogens with one attached hydrogen (secondary N) is 1. The van der Waals surface area contributed by atoms with Gasteiger partial charge in [-0.2, -0.15) is 0 Å². The van der Waals surface area contributed by atoms with E-state index in [1.165, 1.54) is 6.07 Å². The van der Waals surface area contributed by atoms with E-state index in [-0.39, 0.29) is 5.78 Å². The van der Waals surface area contributed by atoms with Gasteiger partial charge in [-0.15, -0.1) is 0 Å². The largest absolute Gasteiger partial charge is 0.366 e. The molecule has 0 radical (unpaired) electrons.